The van der Waals surface area contributed by atoms with Gasteiger partial charge in [0.2, 0.25) is 5.91 Å². The van der Waals surface area contributed by atoms with Crippen LogP contribution >= 0.6 is 11.6 Å². The third-order valence-electron chi connectivity index (χ3n) is 7.18. The molecule has 2 aromatic heterocycles. The Balaban J connectivity index is 1.19. The predicted molar refractivity (Wildman–Crippen MR) is 139 cm³/mol. The summed E-state index contributed by atoms with van der Waals surface area (Å²) in [6.45, 7) is 4.20. The highest BCUT2D eigenvalue weighted by Crippen LogP contribution is 2.46. The summed E-state index contributed by atoms with van der Waals surface area (Å²) in [5.74, 6) is 0.719. The number of hydrogen-bond donors (Lipinski definition) is 3. The van der Waals surface area contributed by atoms with Crippen LogP contribution in [0.1, 0.15) is 18.2 Å². The van der Waals surface area contributed by atoms with Crippen LogP contribution in [0.15, 0.2) is 72.2 Å². The number of morpholine rings is 1. The first-order valence-corrected chi connectivity index (χ1v) is 12.4. The molecule has 3 unspecified atom stereocenters. The molecular weight excluding hydrogens is 476 g/mol. The fourth-order valence-corrected chi connectivity index (χ4v) is 5.48. The van der Waals surface area contributed by atoms with Crippen molar-refractivity contribution in [3.8, 4) is 11.4 Å². The van der Waals surface area contributed by atoms with Crippen molar-refractivity contribution < 1.29 is 9.53 Å². The van der Waals surface area contributed by atoms with Gasteiger partial charge in [-0.25, -0.2) is 4.98 Å². The van der Waals surface area contributed by atoms with Crippen molar-refractivity contribution in [1.82, 2.24) is 25.2 Å². The fraction of sp³-hybridized carbons (Fsp3) is 0.296. The number of H-pyrrole nitrogens is 1. The maximum absolute atomic E-state index is 13.6. The number of carbonyl (C=O) groups excluding carboxylic acids is 1. The number of aromatic amines is 1. The molecule has 2 aliphatic heterocycles. The van der Waals surface area contributed by atoms with Gasteiger partial charge >= 0.3 is 0 Å². The van der Waals surface area contributed by atoms with Gasteiger partial charge in [0.25, 0.3) is 0 Å². The Hall–Kier alpha value is -3.46. The number of rotatable bonds is 5. The lowest BCUT2D eigenvalue weighted by atomic mass is 9.80. The number of hydrogen-bond acceptors (Lipinski definition) is 6. The van der Waals surface area contributed by atoms with Crippen LogP contribution in [0.4, 0.5) is 5.69 Å². The Morgan fingerprint density at radius 3 is 3.00 bits per heavy atom. The first-order chi connectivity index (χ1) is 17.5. The summed E-state index contributed by atoms with van der Waals surface area (Å²) in [7, 11) is 0. The molecule has 3 atom stereocenters. The minimum Gasteiger partial charge on any atom is -0.378 e. The summed E-state index contributed by atoms with van der Waals surface area (Å²) in [5.41, 5.74) is 4.47. The molecule has 0 saturated carbocycles. The monoisotopic (exact) mass is 502 g/mol. The molecule has 1 amide bonds. The van der Waals surface area contributed by atoms with Crippen LogP contribution in [0.2, 0.25) is 0 Å². The van der Waals surface area contributed by atoms with Gasteiger partial charge in [0.05, 0.1) is 36.7 Å². The molecule has 0 radical (unpaired) electrons. The molecule has 1 aromatic carbocycles. The minimum absolute atomic E-state index is 0.0958. The maximum Gasteiger partial charge on any atom is 0.240 e. The molecule has 184 valence electrons. The lowest BCUT2D eigenvalue weighted by Crippen LogP contribution is -2.60. The Bertz CT molecular complexity index is 1350. The van der Waals surface area contributed by atoms with Gasteiger partial charge in [-0.05, 0) is 30.7 Å². The number of ether oxygens (including phenoxy) is 1. The van der Waals surface area contributed by atoms with E-state index in [1.807, 2.05) is 54.7 Å². The van der Waals surface area contributed by atoms with E-state index in [1.165, 1.54) is 0 Å². The van der Waals surface area contributed by atoms with Crippen LogP contribution < -0.4 is 10.6 Å². The largest absolute Gasteiger partial charge is 0.378 e. The summed E-state index contributed by atoms with van der Waals surface area (Å²) in [4.78, 5) is 27.9. The molecular formula is C27H27ClN6O2. The van der Waals surface area contributed by atoms with E-state index in [0.717, 1.165) is 33.9 Å². The van der Waals surface area contributed by atoms with Gasteiger partial charge in [0.1, 0.15) is 11.9 Å². The van der Waals surface area contributed by atoms with Gasteiger partial charge in [0, 0.05) is 47.3 Å². The zero-order chi connectivity index (χ0) is 24.7. The molecule has 1 saturated heterocycles. The zero-order valence-corrected chi connectivity index (χ0v) is 20.6. The van der Waals surface area contributed by atoms with Crippen molar-refractivity contribution in [1.29, 1.82) is 0 Å². The molecule has 4 heterocycles. The van der Waals surface area contributed by atoms with E-state index in [9.17, 15) is 4.79 Å². The number of amides is 1. The fourth-order valence-electron chi connectivity index (χ4n) is 5.25. The molecule has 36 heavy (non-hydrogen) atoms. The number of nitrogens with zero attached hydrogens (tertiary/aromatic N) is 3. The number of fused-ring (bicyclic) bond motifs is 3. The van der Waals surface area contributed by atoms with Crippen LogP contribution in [0.25, 0.3) is 17.0 Å². The van der Waals surface area contributed by atoms with E-state index in [-0.39, 0.29) is 11.9 Å². The van der Waals surface area contributed by atoms with E-state index >= 15 is 0 Å². The lowest BCUT2D eigenvalue weighted by Gasteiger charge is -2.40. The topological polar surface area (TPSA) is 95.2 Å². The number of allylic oxidation sites excluding steroid dienone is 2. The quantitative estimate of drug-likeness (QED) is 0.494. The third kappa shape index (κ3) is 4.11. The normalized spacial score (nSPS) is 25.3. The number of nitrogens with one attached hydrogen (secondary N) is 3. The molecule has 3 aliphatic rings. The van der Waals surface area contributed by atoms with Crippen molar-refractivity contribution in [2.75, 3.05) is 25.1 Å². The highest BCUT2D eigenvalue weighted by Gasteiger charge is 2.46. The average Bonchev–Trinajstić information content (AvgIpc) is 3.47. The minimum atomic E-state index is -0.534. The molecule has 6 rings (SSSR count). The summed E-state index contributed by atoms with van der Waals surface area (Å²) >= 11 is 6.51. The summed E-state index contributed by atoms with van der Waals surface area (Å²) in [6.07, 6.45) is 9.26. The van der Waals surface area contributed by atoms with Crippen molar-refractivity contribution in [2.24, 2.45) is 0 Å². The highest BCUT2D eigenvalue weighted by molar-refractivity contribution is 6.32. The van der Waals surface area contributed by atoms with Crippen LogP contribution in [0.3, 0.4) is 0 Å². The lowest BCUT2D eigenvalue weighted by molar-refractivity contribution is -0.133. The van der Waals surface area contributed by atoms with E-state index in [2.05, 4.69) is 37.4 Å². The van der Waals surface area contributed by atoms with Gasteiger partial charge in [-0.3, -0.25) is 14.7 Å². The molecule has 3 N–H and O–H groups in total. The standard InChI is InChI=1S/C27H27ClN6O2/c1-27-21(20-7-8-29-14-22(20)33-27)11-18(28)12-24(27)32-26(35)23-16-36-10-9-34(23)15-19-13-30-25(31-19)17-5-3-2-4-6-17/h2-8,11-14,23-24,33H,9-10,15-16H2,1H3,(H,30,31)(H,32,35). The first-order valence-electron chi connectivity index (χ1n) is 12.0. The highest BCUT2D eigenvalue weighted by atomic mass is 35.5. The Labute approximate surface area is 214 Å². The van der Waals surface area contributed by atoms with E-state index < -0.39 is 11.6 Å². The molecule has 3 aromatic rings. The van der Waals surface area contributed by atoms with Gasteiger partial charge in [-0.15, -0.1) is 0 Å². The van der Waals surface area contributed by atoms with Crippen LogP contribution in [0.5, 0.6) is 0 Å². The van der Waals surface area contributed by atoms with Gasteiger partial charge in [0.15, 0.2) is 0 Å². The Kier molecular flexibility index (Phi) is 5.87. The van der Waals surface area contributed by atoms with E-state index in [0.29, 0.717) is 31.3 Å². The van der Waals surface area contributed by atoms with Crippen LogP contribution in [-0.4, -0.2) is 63.1 Å². The number of halogens is 1. The number of pyridine rings is 1. The third-order valence-corrected chi connectivity index (χ3v) is 7.42. The second-order valence-electron chi connectivity index (χ2n) is 9.53. The van der Waals surface area contributed by atoms with E-state index in [1.54, 1.807) is 12.4 Å². The van der Waals surface area contributed by atoms with Crippen molar-refractivity contribution >= 4 is 28.8 Å². The number of benzene rings is 1. The smallest absolute Gasteiger partial charge is 0.240 e. The SMILES string of the molecule is CC12Nc3cnccc3C1=CC(Cl)=CC2NC(=O)C1COCCN1Cc1cnc(-c2ccccc2)[nH]1. The second-order valence-corrected chi connectivity index (χ2v) is 9.97. The van der Waals surface area contributed by atoms with Crippen LogP contribution in [-0.2, 0) is 16.1 Å². The summed E-state index contributed by atoms with van der Waals surface area (Å²) in [5, 5.41) is 7.39. The molecule has 8 nitrogen and oxygen atoms in total. The molecule has 9 heteroatoms. The molecule has 0 spiro atoms. The Morgan fingerprint density at radius 2 is 2.14 bits per heavy atom. The van der Waals surface area contributed by atoms with Crippen molar-refractivity contribution in [3.05, 3.63) is 83.4 Å². The zero-order valence-electron chi connectivity index (χ0n) is 19.9. The van der Waals surface area contributed by atoms with Crippen molar-refractivity contribution in [2.45, 2.75) is 31.1 Å². The molecule has 0 bridgehead atoms. The average molecular weight is 503 g/mol. The molecule has 1 fully saturated rings. The summed E-state index contributed by atoms with van der Waals surface area (Å²) < 4.78 is 5.71. The van der Waals surface area contributed by atoms with Gasteiger partial charge in [-0.2, -0.15) is 0 Å². The van der Waals surface area contributed by atoms with Gasteiger partial charge < -0.3 is 20.4 Å². The van der Waals surface area contributed by atoms with Crippen LogP contribution in [0, 0.1) is 0 Å². The van der Waals surface area contributed by atoms with Gasteiger partial charge in [-0.1, -0.05) is 41.9 Å². The first kappa shape index (κ1) is 23.0. The number of carbonyl (C=O) groups is 1. The number of anilines is 1. The summed E-state index contributed by atoms with van der Waals surface area (Å²) in [6, 6.07) is 11.2. The maximum atomic E-state index is 13.6. The van der Waals surface area contributed by atoms with Crippen molar-refractivity contribution in [3.63, 3.8) is 0 Å². The van der Waals surface area contributed by atoms with E-state index in [4.69, 9.17) is 16.3 Å². The second kappa shape index (κ2) is 9.20. The predicted octanol–water partition coefficient (Wildman–Crippen LogP) is 3.56. The number of aromatic nitrogens is 3. The number of imidazole rings is 1. The molecule has 1 aliphatic carbocycles. The Morgan fingerprint density at radius 1 is 1.28 bits per heavy atom.